The molecular weight excluding hydrogens is 306 g/mol. The predicted octanol–water partition coefficient (Wildman–Crippen LogP) is 0.119. The normalized spacial score (nSPS) is 20.0. The molecule has 2 atom stereocenters. The van der Waals surface area contributed by atoms with Crippen molar-refractivity contribution < 1.29 is 9.59 Å². The second-order valence-corrected chi connectivity index (χ2v) is 5.17. The van der Waals surface area contributed by atoms with Crippen molar-refractivity contribution in [3.8, 4) is 0 Å². The van der Waals surface area contributed by atoms with Crippen LogP contribution in [0.3, 0.4) is 0 Å². The van der Waals surface area contributed by atoms with Gasteiger partial charge in [-0.25, -0.2) is 4.98 Å². The number of amides is 2. The fourth-order valence-electron chi connectivity index (χ4n) is 2.66. The van der Waals surface area contributed by atoms with Gasteiger partial charge in [-0.05, 0) is 25.3 Å². The highest BCUT2D eigenvalue weighted by molar-refractivity contribution is 5.91. The molecule has 4 N–H and O–H groups in total. The molecule has 1 fully saturated rings. The van der Waals surface area contributed by atoms with Crippen LogP contribution < -0.4 is 16.4 Å². The van der Waals surface area contributed by atoms with Gasteiger partial charge < -0.3 is 16.4 Å². The number of aromatic nitrogens is 2. The first-order valence-electron chi connectivity index (χ1n) is 7.24. The quantitative estimate of drug-likeness (QED) is 0.643. The zero-order chi connectivity index (χ0) is 15.1. The van der Waals surface area contributed by atoms with Crippen molar-refractivity contribution in [1.29, 1.82) is 0 Å². The van der Waals surface area contributed by atoms with E-state index in [9.17, 15) is 9.59 Å². The van der Waals surface area contributed by atoms with E-state index < -0.39 is 0 Å². The molecule has 22 heavy (non-hydrogen) atoms. The Labute approximate surface area is 135 Å². The zero-order valence-electron chi connectivity index (χ0n) is 12.3. The van der Waals surface area contributed by atoms with Gasteiger partial charge in [0.05, 0.1) is 6.20 Å². The molecule has 0 bridgehead atoms. The summed E-state index contributed by atoms with van der Waals surface area (Å²) >= 11 is 0. The van der Waals surface area contributed by atoms with Gasteiger partial charge in [-0.3, -0.25) is 14.6 Å². The molecule has 8 heteroatoms. The number of carbonyl (C=O) groups is 2. The number of hydrogen-bond donors (Lipinski definition) is 3. The summed E-state index contributed by atoms with van der Waals surface area (Å²) in [6, 6.07) is 0. The van der Waals surface area contributed by atoms with Crippen LogP contribution in [-0.4, -0.2) is 41.4 Å². The van der Waals surface area contributed by atoms with E-state index in [-0.39, 0.29) is 35.8 Å². The van der Waals surface area contributed by atoms with Crippen LogP contribution in [0.5, 0.6) is 0 Å². The van der Waals surface area contributed by atoms with Gasteiger partial charge in [0.15, 0.2) is 0 Å². The van der Waals surface area contributed by atoms with Gasteiger partial charge in [-0.2, -0.15) is 0 Å². The van der Waals surface area contributed by atoms with Gasteiger partial charge >= 0.3 is 0 Å². The van der Waals surface area contributed by atoms with Crippen molar-refractivity contribution in [2.24, 2.45) is 17.6 Å². The van der Waals surface area contributed by atoms with Crippen LogP contribution in [0.2, 0.25) is 0 Å². The van der Waals surface area contributed by atoms with Crippen molar-refractivity contribution in [2.75, 3.05) is 19.6 Å². The SMILES string of the molecule is Cl.NC[C@H]1CCC[C@H]1C(=O)NCCNC(=O)c1cnccn1. The summed E-state index contributed by atoms with van der Waals surface area (Å²) in [5.74, 6) is 0.0552. The van der Waals surface area contributed by atoms with Crippen LogP contribution in [0, 0.1) is 11.8 Å². The number of nitrogens with two attached hydrogens (primary N) is 1. The number of carbonyl (C=O) groups excluding carboxylic acids is 2. The third kappa shape index (κ3) is 4.92. The molecule has 0 aromatic carbocycles. The van der Waals surface area contributed by atoms with Crippen LogP contribution in [0.25, 0.3) is 0 Å². The molecule has 1 saturated carbocycles. The zero-order valence-corrected chi connectivity index (χ0v) is 13.1. The van der Waals surface area contributed by atoms with Gasteiger partial charge in [0.2, 0.25) is 5.91 Å². The first kappa shape index (κ1) is 18.3. The molecule has 2 amide bonds. The molecule has 7 nitrogen and oxygen atoms in total. The molecule has 1 aromatic rings. The number of nitrogens with zero attached hydrogens (tertiary/aromatic N) is 2. The standard InChI is InChI=1S/C14H21N5O2.ClH/c15-8-10-2-1-3-11(10)13(20)18-6-7-19-14(21)12-9-16-4-5-17-12;/h4-5,9-11H,1-3,6-8,15H2,(H,18,20)(H,19,21);1H/t10-,11-;/m1./s1. The fourth-order valence-corrected chi connectivity index (χ4v) is 2.66. The minimum absolute atomic E-state index is 0. The smallest absolute Gasteiger partial charge is 0.271 e. The molecule has 0 radical (unpaired) electrons. The van der Waals surface area contributed by atoms with Gasteiger partial charge in [0.25, 0.3) is 5.91 Å². The summed E-state index contributed by atoms with van der Waals surface area (Å²) in [5.41, 5.74) is 5.94. The Bertz CT molecular complexity index is 485. The Morgan fingerprint density at radius 1 is 1.23 bits per heavy atom. The van der Waals surface area contributed by atoms with Crippen molar-refractivity contribution >= 4 is 24.2 Å². The maximum absolute atomic E-state index is 12.0. The second kappa shape index (κ2) is 9.32. The van der Waals surface area contributed by atoms with Crippen LogP contribution >= 0.6 is 12.4 Å². The minimum atomic E-state index is -0.293. The Morgan fingerprint density at radius 3 is 2.68 bits per heavy atom. The van der Waals surface area contributed by atoms with Crippen molar-refractivity contribution in [3.63, 3.8) is 0 Å². The predicted molar refractivity (Wildman–Crippen MR) is 84.5 cm³/mol. The Morgan fingerprint density at radius 2 is 2.00 bits per heavy atom. The van der Waals surface area contributed by atoms with Crippen molar-refractivity contribution in [3.05, 3.63) is 24.3 Å². The molecule has 1 aliphatic rings. The molecule has 0 saturated heterocycles. The fraction of sp³-hybridized carbons (Fsp3) is 0.571. The molecule has 0 spiro atoms. The maximum Gasteiger partial charge on any atom is 0.271 e. The summed E-state index contributed by atoms with van der Waals surface area (Å²) in [4.78, 5) is 31.5. The summed E-state index contributed by atoms with van der Waals surface area (Å²) in [7, 11) is 0. The first-order chi connectivity index (χ1) is 10.2. The van der Waals surface area contributed by atoms with Gasteiger partial charge in [0.1, 0.15) is 5.69 Å². The lowest BCUT2D eigenvalue weighted by atomic mass is 9.95. The highest BCUT2D eigenvalue weighted by Gasteiger charge is 2.31. The van der Waals surface area contributed by atoms with Crippen LogP contribution in [-0.2, 0) is 4.79 Å². The summed E-state index contributed by atoms with van der Waals surface area (Å²) in [5, 5.41) is 5.54. The largest absolute Gasteiger partial charge is 0.354 e. The molecule has 1 aromatic heterocycles. The monoisotopic (exact) mass is 327 g/mol. The highest BCUT2D eigenvalue weighted by atomic mass is 35.5. The summed E-state index contributed by atoms with van der Waals surface area (Å²) in [6.45, 7) is 1.32. The number of nitrogens with one attached hydrogen (secondary N) is 2. The van der Waals surface area contributed by atoms with Crippen LogP contribution in [0.4, 0.5) is 0 Å². The Hall–Kier alpha value is -1.73. The summed E-state index contributed by atoms with van der Waals surface area (Å²) in [6.07, 6.45) is 7.36. The van der Waals surface area contributed by atoms with E-state index >= 15 is 0 Å². The molecule has 122 valence electrons. The third-order valence-corrected chi connectivity index (χ3v) is 3.80. The molecule has 0 unspecified atom stereocenters. The number of halogens is 1. The van der Waals surface area contributed by atoms with Gasteiger partial charge in [0, 0.05) is 31.4 Å². The average molecular weight is 328 g/mol. The lowest BCUT2D eigenvalue weighted by molar-refractivity contribution is -0.125. The highest BCUT2D eigenvalue weighted by Crippen LogP contribution is 2.30. The maximum atomic E-state index is 12.0. The van der Waals surface area contributed by atoms with Gasteiger partial charge in [-0.1, -0.05) is 6.42 Å². The van der Waals surface area contributed by atoms with E-state index in [1.165, 1.54) is 18.6 Å². The molecule has 1 aliphatic carbocycles. The van der Waals surface area contributed by atoms with E-state index in [1.54, 1.807) is 0 Å². The van der Waals surface area contributed by atoms with Crippen LogP contribution in [0.1, 0.15) is 29.8 Å². The van der Waals surface area contributed by atoms with E-state index in [0.717, 1.165) is 19.3 Å². The first-order valence-corrected chi connectivity index (χ1v) is 7.24. The lowest BCUT2D eigenvalue weighted by Crippen LogP contribution is -2.39. The Kier molecular flexibility index (Phi) is 7.76. The van der Waals surface area contributed by atoms with Gasteiger partial charge in [-0.15, -0.1) is 12.4 Å². The number of rotatable bonds is 6. The topological polar surface area (TPSA) is 110 Å². The van der Waals surface area contributed by atoms with E-state index in [1.807, 2.05) is 0 Å². The van der Waals surface area contributed by atoms with Crippen molar-refractivity contribution in [1.82, 2.24) is 20.6 Å². The second-order valence-electron chi connectivity index (χ2n) is 5.17. The number of hydrogen-bond acceptors (Lipinski definition) is 5. The molecule has 0 aliphatic heterocycles. The van der Waals surface area contributed by atoms with E-state index in [4.69, 9.17) is 5.73 Å². The molecular formula is C14H22ClN5O2. The summed E-state index contributed by atoms with van der Waals surface area (Å²) < 4.78 is 0. The Balaban J connectivity index is 0.00000242. The lowest BCUT2D eigenvalue weighted by Gasteiger charge is -2.17. The molecule has 2 rings (SSSR count). The van der Waals surface area contributed by atoms with E-state index in [0.29, 0.717) is 25.6 Å². The van der Waals surface area contributed by atoms with E-state index in [2.05, 4.69) is 20.6 Å². The van der Waals surface area contributed by atoms with Crippen molar-refractivity contribution in [2.45, 2.75) is 19.3 Å². The minimum Gasteiger partial charge on any atom is -0.354 e. The third-order valence-electron chi connectivity index (χ3n) is 3.80. The molecule has 1 heterocycles. The van der Waals surface area contributed by atoms with Crippen LogP contribution in [0.15, 0.2) is 18.6 Å². The average Bonchev–Trinajstić information content (AvgIpc) is 3.00.